The Balaban J connectivity index is 2.42. The van der Waals surface area contributed by atoms with Crippen LogP contribution in [0.15, 0.2) is 18.2 Å². The highest BCUT2D eigenvalue weighted by Gasteiger charge is 2.02. The van der Waals surface area contributed by atoms with Crippen LogP contribution in [0.5, 0.6) is 0 Å². The van der Waals surface area contributed by atoms with Crippen LogP contribution in [-0.4, -0.2) is 19.6 Å². The van der Waals surface area contributed by atoms with Gasteiger partial charge in [-0.05, 0) is 24.6 Å². The Morgan fingerprint density at radius 3 is 2.64 bits per heavy atom. The molecule has 3 N–H and O–H groups in total. The van der Waals surface area contributed by atoms with Gasteiger partial charge in [0.15, 0.2) is 0 Å². The molecule has 14 heavy (non-hydrogen) atoms. The number of nitrogens with one attached hydrogen (secondary N) is 1. The van der Waals surface area contributed by atoms with Gasteiger partial charge in [0.1, 0.15) is 11.6 Å². The molecule has 2 nitrogen and oxygen atoms in total. The molecule has 1 rings (SSSR count). The van der Waals surface area contributed by atoms with Crippen molar-refractivity contribution in [3.8, 4) is 0 Å². The van der Waals surface area contributed by atoms with Crippen LogP contribution in [0.2, 0.25) is 0 Å². The third-order valence-electron chi connectivity index (χ3n) is 1.91. The van der Waals surface area contributed by atoms with Crippen LogP contribution in [0.4, 0.5) is 8.78 Å². The van der Waals surface area contributed by atoms with Gasteiger partial charge < -0.3 is 11.1 Å². The van der Waals surface area contributed by atoms with Gasteiger partial charge in [0.05, 0.1) is 0 Å². The summed E-state index contributed by atoms with van der Waals surface area (Å²) in [4.78, 5) is 0. The highest BCUT2D eigenvalue weighted by molar-refractivity contribution is 5.18. The van der Waals surface area contributed by atoms with Gasteiger partial charge in [-0.1, -0.05) is 6.07 Å². The van der Waals surface area contributed by atoms with E-state index in [-0.39, 0.29) is 0 Å². The molecule has 0 amide bonds. The third-order valence-corrected chi connectivity index (χ3v) is 1.91. The standard InChI is InChI=1S/C10H14F2N2/c11-9-2-1-8(10(12)7-9)3-5-14-6-4-13/h1-2,7,14H,3-6,13H2. The zero-order valence-corrected chi connectivity index (χ0v) is 7.89. The number of hydrogen-bond acceptors (Lipinski definition) is 2. The van der Waals surface area contributed by atoms with Crippen LogP contribution in [0.1, 0.15) is 5.56 Å². The molecule has 0 spiro atoms. The maximum Gasteiger partial charge on any atom is 0.129 e. The quantitative estimate of drug-likeness (QED) is 0.697. The highest BCUT2D eigenvalue weighted by atomic mass is 19.1. The van der Waals surface area contributed by atoms with E-state index in [1.54, 1.807) is 0 Å². The summed E-state index contributed by atoms with van der Waals surface area (Å²) in [5, 5.41) is 3.04. The number of nitrogens with two attached hydrogens (primary N) is 1. The summed E-state index contributed by atoms with van der Waals surface area (Å²) in [7, 11) is 0. The van der Waals surface area contributed by atoms with Crippen molar-refractivity contribution in [3.63, 3.8) is 0 Å². The third kappa shape index (κ3) is 3.40. The van der Waals surface area contributed by atoms with Crippen molar-refractivity contribution in [2.75, 3.05) is 19.6 Å². The molecular weight excluding hydrogens is 186 g/mol. The van der Waals surface area contributed by atoms with Crippen molar-refractivity contribution in [3.05, 3.63) is 35.4 Å². The minimum Gasteiger partial charge on any atom is -0.329 e. The maximum atomic E-state index is 13.1. The second-order valence-electron chi connectivity index (χ2n) is 3.02. The summed E-state index contributed by atoms with van der Waals surface area (Å²) < 4.78 is 25.6. The molecule has 0 bridgehead atoms. The van der Waals surface area contributed by atoms with E-state index in [0.29, 0.717) is 31.6 Å². The van der Waals surface area contributed by atoms with Crippen LogP contribution in [0, 0.1) is 11.6 Å². The lowest BCUT2D eigenvalue weighted by Gasteiger charge is -2.04. The molecule has 1 aromatic carbocycles. The molecule has 0 saturated carbocycles. The number of benzene rings is 1. The Morgan fingerprint density at radius 2 is 2.00 bits per heavy atom. The Labute approximate surface area is 82.1 Å². The first-order valence-electron chi connectivity index (χ1n) is 4.58. The molecule has 0 unspecified atom stereocenters. The van der Waals surface area contributed by atoms with Gasteiger partial charge in [-0.25, -0.2) is 8.78 Å². The van der Waals surface area contributed by atoms with Gasteiger partial charge in [-0.15, -0.1) is 0 Å². The summed E-state index contributed by atoms with van der Waals surface area (Å²) >= 11 is 0. The number of rotatable bonds is 5. The Bertz CT molecular complexity index is 289. The zero-order valence-electron chi connectivity index (χ0n) is 7.89. The van der Waals surface area contributed by atoms with E-state index in [9.17, 15) is 8.78 Å². The average Bonchev–Trinajstić information content (AvgIpc) is 2.15. The van der Waals surface area contributed by atoms with Crippen LogP contribution < -0.4 is 11.1 Å². The smallest absolute Gasteiger partial charge is 0.129 e. The second-order valence-corrected chi connectivity index (χ2v) is 3.02. The van der Waals surface area contributed by atoms with Crippen molar-refractivity contribution in [1.82, 2.24) is 5.32 Å². The molecule has 0 heterocycles. The molecule has 0 radical (unpaired) electrons. The van der Waals surface area contributed by atoms with Gasteiger partial charge in [-0.2, -0.15) is 0 Å². The second kappa shape index (κ2) is 5.67. The molecule has 1 aromatic rings. The van der Waals surface area contributed by atoms with Crippen molar-refractivity contribution in [2.24, 2.45) is 5.73 Å². The predicted molar refractivity (Wildman–Crippen MR) is 52.0 cm³/mol. The lowest BCUT2D eigenvalue weighted by molar-refractivity contribution is 0.567. The SMILES string of the molecule is NCCNCCc1ccc(F)cc1F. The molecule has 0 aromatic heterocycles. The average molecular weight is 200 g/mol. The van der Waals surface area contributed by atoms with Crippen molar-refractivity contribution < 1.29 is 8.78 Å². The van der Waals surface area contributed by atoms with E-state index in [0.717, 1.165) is 6.07 Å². The Morgan fingerprint density at radius 1 is 1.21 bits per heavy atom. The minimum absolute atomic E-state index is 0.487. The lowest BCUT2D eigenvalue weighted by Crippen LogP contribution is -2.24. The summed E-state index contributed by atoms with van der Waals surface area (Å²) in [5.74, 6) is -1.03. The normalized spacial score (nSPS) is 10.5. The van der Waals surface area contributed by atoms with E-state index < -0.39 is 11.6 Å². The molecule has 0 aliphatic carbocycles. The molecule has 0 aliphatic rings. The molecule has 0 saturated heterocycles. The van der Waals surface area contributed by atoms with Gasteiger partial charge >= 0.3 is 0 Å². The molecule has 78 valence electrons. The first-order valence-corrected chi connectivity index (χ1v) is 4.58. The molecular formula is C10H14F2N2. The van der Waals surface area contributed by atoms with E-state index >= 15 is 0 Å². The van der Waals surface area contributed by atoms with Gasteiger partial charge in [-0.3, -0.25) is 0 Å². The van der Waals surface area contributed by atoms with Crippen LogP contribution in [0.25, 0.3) is 0 Å². The first kappa shape index (κ1) is 11.1. The summed E-state index contributed by atoms with van der Waals surface area (Å²) in [6, 6.07) is 3.63. The molecule has 0 fully saturated rings. The summed E-state index contributed by atoms with van der Waals surface area (Å²) in [6.45, 7) is 1.93. The fourth-order valence-corrected chi connectivity index (χ4v) is 1.17. The molecule has 0 atom stereocenters. The monoisotopic (exact) mass is 200 g/mol. The highest BCUT2D eigenvalue weighted by Crippen LogP contribution is 2.09. The molecule has 4 heteroatoms. The topological polar surface area (TPSA) is 38.0 Å². The summed E-state index contributed by atoms with van der Waals surface area (Å²) in [5.41, 5.74) is 5.80. The van der Waals surface area contributed by atoms with Gasteiger partial charge in [0.2, 0.25) is 0 Å². The molecule has 0 aliphatic heterocycles. The fourth-order valence-electron chi connectivity index (χ4n) is 1.17. The Kier molecular flexibility index (Phi) is 4.49. The number of hydrogen-bond donors (Lipinski definition) is 2. The van der Waals surface area contributed by atoms with Crippen LogP contribution in [0.3, 0.4) is 0 Å². The summed E-state index contributed by atoms with van der Waals surface area (Å²) in [6.07, 6.45) is 0.548. The van der Waals surface area contributed by atoms with Crippen molar-refractivity contribution >= 4 is 0 Å². The van der Waals surface area contributed by atoms with E-state index in [4.69, 9.17) is 5.73 Å². The largest absolute Gasteiger partial charge is 0.329 e. The zero-order chi connectivity index (χ0) is 10.4. The van der Waals surface area contributed by atoms with Crippen molar-refractivity contribution in [2.45, 2.75) is 6.42 Å². The van der Waals surface area contributed by atoms with Crippen LogP contribution >= 0.6 is 0 Å². The van der Waals surface area contributed by atoms with Gasteiger partial charge in [0, 0.05) is 19.2 Å². The predicted octanol–water partition coefficient (Wildman–Crippen LogP) is 1.06. The Hall–Kier alpha value is -1.00. The van der Waals surface area contributed by atoms with E-state index in [2.05, 4.69) is 5.32 Å². The minimum atomic E-state index is -0.541. The maximum absolute atomic E-state index is 13.1. The van der Waals surface area contributed by atoms with Gasteiger partial charge in [0.25, 0.3) is 0 Å². The fraction of sp³-hybridized carbons (Fsp3) is 0.400. The van der Waals surface area contributed by atoms with Crippen molar-refractivity contribution in [1.29, 1.82) is 0 Å². The van der Waals surface area contributed by atoms with E-state index in [1.807, 2.05) is 0 Å². The number of halogens is 2. The lowest BCUT2D eigenvalue weighted by atomic mass is 10.1. The first-order chi connectivity index (χ1) is 6.74. The van der Waals surface area contributed by atoms with E-state index in [1.165, 1.54) is 12.1 Å². The van der Waals surface area contributed by atoms with Crippen LogP contribution in [-0.2, 0) is 6.42 Å².